The van der Waals surface area contributed by atoms with E-state index in [2.05, 4.69) is 41.5 Å². The third kappa shape index (κ3) is 5.87. The molecule has 5 nitrogen and oxygen atoms in total. The topological polar surface area (TPSA) is 50.8 Å². The number of halogens is 1. The first-order valence-electron chi connectivity index (χ1n) is 11.6. The van der Waals surface area contributed by atoms with Crippen molar-refractivity contribution in [1.29, 1.82) is 0 Å². The Morgan fingerprint density at radius 3 is 2.69 bits per heavy atom. The molecule has 1 saturated heterocycles. The molecule has 32 heavy (non-hydrogen) atoms. The Balaban J connectivity index is 1.36. The summed E-state index contributed by atoms with van der Waals surface area (Å²) in [6.07, 6.45) is 5.98. The number of carbonyl (C=O) groups excluding carboxylic acids is 1. The molecule has 3 atom stereocenters. The first kappa shape index (κ1) is 22.7. The van der Waals surface area contributed by atoms with E-state index in [0.717, 1.165) is 51.7 Å². The highest BCUT2D eigenvalue weighted by molar-refractivity contribution is 5.78. The Bertz CT molecular complexity index is 868. The molecule has 0 bridgehead atoms. The highest BCUT2D eigenvalue weighted by atomic mass is 19.1. The normalized spacial score (nSPS) is 25.2. The predicted octanol–water partition coefficient (Wildman–Crippen LogP) is 3.97. The summed E-state index contributed by atoms with van der Waals surface area (Å²) >= 11 is 0. The fourth-order valence-electron chi connectivity index (χ4n) is 5.03. The lowest BCUT2D eigenvalue weighted by molar-refractivity contribution is -0.126. The van der Waals surface area contributed by atoms with E-state index in [-0.39, 0.29) is 36.0 Å². The largest absolute Gasteiger partial charge is 0.484 e. The number of nitrogens with zero attached hydrogens (tertiary/aromatic N) is 1. The summed E-state index contributed by atoms with van der Waals surface area (Å²) in [5.41, 5.74) is 1.27. The monoisotopic (exact) mass is 440 g/mol. The van der Waals surface area contributed by atoms with Crippen LogP contribution in [-0.4, -0.2) is 55.3 Å². The minimum Gasteiger partial charge on any atom is -0.484 e. The molecular formula is C26H33FN2O3. The molecule has 0 radical (unpaired) electrons. The van der Waals surface area contributed by atoms with Crippen molar-refractivity contribution in [2.45, 2.75) is 56.2 Å². The highest BCUT2D eigenvalue weighted by Crippen LogP contribution is 2.41. The van der Waals surface area contributed by atoms with Gasteiger partial charge in [0.1, 0.15) is 11.6 Å². The number of benzene rings is 2. The van der Waals surface area contributed by atoms with Gasteiger partial charge < -0.3 is 19.7 Å². The van der Waals surface area contributed by atoms with Crippen molar-refractivity contribution in [2.75, 3.05) is 26.8 Å². The first-order chi connectivity index (χ1) is 15.5. The maximum atomic E-state index is 13.1. The molecule has 6 heteroatoms. The number of nitrogens with one attached hydrogen (secondary N) is 1. The Kier molecular flexibility index (Phi) is 7.43. The van der Waals surface area contributed by atoms with Gasteiger partial charge in [0.05, 0.1) is 5.60 Å². The second kappa shape index (κ2) is 10.5. The van der Waals surface area contributed by atoms with Gasteiger partial charge in [-0.15, -0.1) is 0 Å². The first-order valence-corrected chi connectivity index (χ1v) is 11.6. The third-order valence-electron chi connectivity index (χ3n) is 6.83. The van der Waals surface area contributed by atoms with Crippen molar-refractivity contribution >= 4 is 5.91 Å². The molecule has 172 valence electrons. The molecule has 2 fully saturated rings. The number of ether oxygens (including phenoxy) is 2. The van der Waals surface area contributed by atoms with Gasteiger partial charge >= 0.3 is 0 Å². The summed E-state index contributed by atoms with van der Waals surface area (Å²) in [5, 5.41) is 3.20. The molecule has 1 aliphatic carbocycles. The maximum Gasteiger partial charge on any atom is 0.258 e. The second-order valence-electron chi connectivity index (χ2n) is 9.08. The van der Waals surface area contributed by atoms with E-state index in [1.165, 1.54) is 29.8 Å². The van der Waals surface area contributed by atoms with E-state index in [1.807, 2.05) is 6.07 Å². The molecule has 1 aliphatic heterocycles. The fourth-order valence-corrected chi connectivity index (χ4v) is 5.03. The fraction of sp³-hybridized carbons (Fsp3) is 0.500. The SMILES string of the molecule is CN(CCc1ccccc1)[C@@H]1C[C@]2(CCCO2)CC[C@H]1NC(=O)COc1ccc(F)cc1. The number of hydrogen-bond donors (Lipinski definition) is 1. The van der Waals surface area contributed by atoms with Crippen LogP contribution in [0.25, 0.3) is 0 Å². The summed E-state index contributed by atoms with van der Waals surface area (Å²) in [6, 6.07) is 16.5. The van der Waals surface area contributed by atoms with Gasteiger partial charge in [-0.3, -0.25) is 4.79 Å². The summed E-state index contributed by atoms with van der Waals surface area (Å²) in [7, 11) is 2.15. The smallest absolute Gasteiger partial charge is 0.258 e. The van der Waals surface area contributed by atoms with E-state index >= 15 is 0 Å². The summed E-state index contributed by atoms with van der Waals surface area (Å²) in [6.45, 7) is 1.68. The molecular weight excluding hydrogens is 407 g/mol. The van der Waals surface area contributed by atoms with Crippen LogP contribution in [0.4, 0.5) is 4.39 Å². The van der Waals surface area contributed by atoms with Crippen molar-refractivity contribution in [3.8, 4) is 5.75 Å². The molecule has 2 aromatic rings. The minimum atomic E-state index is -0.326. The van der Waals surface area contributed by atoms with E-state index in [9.17, 15) is 9.18 Å². The third-order valence-corrected chi connectivity index (χ3v) is 6.83. The minimum absolute atomic E-state index is 0.0441. The lowest BCUT2D eigenvalue weighted by Gasteiger charge is -2.46. The lowest BCUT2D eigenvalue weighted by atomic mass is 9.76. The van der Waals surface area contributed by atoms with Gasteiger partial charge in [0.15, 0.2) is 6.61 Å². The van der Waals surface area contributed by atoms with E-state index in [4.69, 9.17) is 9.47 Å². The van der Waals surface area contributed by atoms with Crippen LogP contribution in [0, 0.1) is 5.82 Å². The zero-order valence-electron chi connectivity index (χ0n) is 18.8. The van der Waals surface area contributed by atoms with Crippen LogP contribution in [0.5, 0.6) is 5.75 Å². The molecule has 1 spiro atoms. The van der Waals surface area contributed by atoms with Gasteiger partial charge in [-0.2, -0.15) is 0 Å². The lowest BCUT2D eigenvalue weighted by Crippen LogP contribution is -2.58. The molecule has 4 rings (SSSR count). The summed E-state index contributed by atoms with van der Waals surface area (Å²) in [4.78, 5) is 15.0. The molecule has 1 saturated carbocycles. The van der Waals surface area contributed by atoms with E-state index < -0.39 is 0 Å². The zero-order chi connectivity index (χ0) is 22.4. The van der Waals surface area contributed by atoms with Gasteiger partial charge in [0.2, 0.25) is 0 Å². The molecule has 0 aromatic heterocycles. The molecule has 0 unspecified atom stereocenters. The summed E-state index contributed by atoms with van der Waals surface area (Å²) in [5.74, 6) is 0.0116. The standard InChI is InChI=1S/C26H33FN2O3/c1-29(16-13-20-6-3-2-4-7-20)24-18-26(14-5-17-32-26)15-12-23(24)28-25(30)19-31-22-10-8-21(27)9-11-22/h2-4,6-11,23-24H,5,12-19H2,1H3,(H,28,30)/t23-,24-,26+/m1/s1. The Hall–Kier alpha value is -2.44. The summed E-state index contributed by atoms with van der Waals surface area (Å²) < 4.78 is 24.8. The van der Waals surface area contributed by atoms with Crippen LogP contribution in [0.1, 0.15) is 37.7 Å². The number of amides is 1. The predicted molar refractivity (Wildman–Crippen MR) is 122 cm³/mol. The van der Waals surface area contributed by atoms with Gasteiger partial charge in [0.25, 0.3) is 5.91 Å². The Labute approximate surface area is 189 Å². The number of likely N-dealkylation sites (N-methyl/N-ethyl adjacent to an activating group) is 1. The van der Waals surface area contributed by atoms with Crippen LogP contribution in [-0.2, 0) is 16.0 Å². The molecule has 1 amide bonds. The number of carbonyl (C=O) groups is 1. The van der Waals surface area contributed by atoms with E-state index in [1.54, 1.807) is 0 Å². The van der Waals surface area contributed by atoms with Gasteiger partial charge in [-0.25, -0.2) is 4.39 Å². The van der Waals surface area contributed by atoms with Crippen molar-refractivity contribution in [1.82, 2.24) is 10.2 Å². The van der Waals surface area contributed by atoms with Crippen LogP contribution < -0.4 is 10.1 Å². The van der Waals surface area contributed by atoms with Crippen LogP contribution >= 0.6 is 0 Å². The van der Waals surface area contributed by atoms with Crippen LogP contribution in [0.3, 0.4) is 0 Å². The number of hydrogen-bond acceptors (Lipinski definition) is 4. The number of rotatable bonds is 8. The Morgan fingerprint density at radius 2 is 1.97 bits per heavy atom. The molecule has 2 aromatic carbocycles. The quantitative estimate of drug-likeness (QED) is 0.675. The molecule has 2 aliphatic rings. The van der Waals surface area contributed by atoms with Crippen molar-refractivity contribution in [3.63, 3.8) is 0 Å². The molecule has 1 heterocycles. The highest BCUT2D eigenvalue weighted by Gasteiger charge is 2.45. The van der Waals surface area contributed by atoms with Crippen molar-refractivity contribution in [2.24, 2.45) is 0 Å². The van der Waals surface area contributed by atoms with Gasteiger partial charge in [-0.05, 0) is 75.4 Å². The average molecular weight is 441 g/mol. The Morgan fingerprint density at radius 1 is 1.19 bits per heavy atom. The van der Waals surface area contributed by atoms with Gasteiger partial charge in [-0.1, -0.05) is 30.3 Å². The second-order valence-corrected chi connectivity index (χ2v) is 9.08. The van der Waals surface area contributed by atoms with Crippen molar-refractivity contribution < 1.29 is 18.7 Å². The van der Waals surface area contributed by atoms with Gasteiger partial charge in [0, 0.05) is 25.2 Å². The van der Waals surface area contributed by atoms with Crippen LogP contribution in [0.2, 0.25) is 0 Å². The average Bonchev–Trinajstić information content (AvgIpc) is 3.27. The van der Waals surface area contributed by atoms with E-state index in [0.29, 0.717) is 5.75 Å². The molecule has 1 N–H and O–H groups in total. The maximum absolute atomic E-state index is 13.1. The van der Waals surface area contributed by atoms with Crippen LogP contribution in [0.15, 0.2) is 54.6 Å². The zero-order valence-corrected chi connectivity index (χ0v) is 18.8. The van der Waals surface area contributed by atoms with Crippen molar-refractivity contribution in [3.05, 3.63) is 66.0 Å².